The van der Waals surface area contributed by atoms with Gasteiger partial charge in [-0.05, 0) is 31.0 Å². The minimum absolute atomic E-state index is 0.791. The lowest BCUT2D eigenvalue weighted by atomic mass is 10.2. The van der Waals surface area contributed by atoms with E-state index in [2.05, 4.69) is 23.8 Å². The van der Waals surface area contributed by atoms with Crippen LogP contribution in [0.4, 0.5) is 0 Å². The van der Waals surface area contributed by atoms with Gasteiger partial charge in [0, 0.05) is 37.4 Å². The molecule has 0 radical (unpaired) electrons. The van der Waals surface area contributed by atoms with Crippen LogP contribution < -0.4 is 0 Å². The number of nitrogens with zero attached hydrogens (tertiary/aromatic N) is 1. The molecule has 86 valence electrons. The van der Waals surface area contributed by atoms with Crippen LogP contribution >= 0.6 is 11.6 Å². The van der Waals surface area contributed by atoms with Crippen molar-refractivity contribution in [2.45, 2.75) is 19.9 Å². The van der Waals surface area contributed by atoms with E-state index >= 15 is 0 Å². The summed E-state index contributed by atoms with van der Waals surface area (Å²) in [4.78, 5) is 0. The van der Waals surface area contributed by atoms with Crippen molar-refractivity contribution in [1.29, 1.82) is 0 Å². The molecule has 0 amide bonds. The molecule has 2 aromatic rings. The molecule has 0 atom stereocenters. The summed E-state index contributed by atoms with van der Waals surface area (Å²) in [5, 5.41) is 2.00. The Hall–Kier alpha value is -0.990. The van der Waals surface area contributed by atoms with Gasteiger partial charge >= 0.3 is 0 Å². The lowest BCUT2D eigenvalue weighted by Gasteiger charge is -2.04. The van der Waals surface area contributed by atoms with Crippen molar-refractivity contribution in [2.24, 2.45) is 0 Å². The third-order valence-corrected chi connectivity index (χ3v) is 3.11. The van der Waals surface area contributed by atoms with Crippen molar-refractivity contribution in [1.82, 2.24) is 4.57 Å². The van der Waals surface area contributed by atoms with Gasteiger partial charge in [0.15, 0.2) is 0 Å². The highest BCUT2D eigenvalue weighted by Gasteiger charge is 2.07. The van der Waals surface area contributed by atoms with Crippen LogP contribution in [0.5, 0.6) is 0 Å². The lowest BCUT2D eigenvalue weighted by Crippen LogP contribution is -1.99. The third kappa shape index (κ3) is 2.08. The van der Waals surface area contributed by atoms with E-state index in [4.69, 9.17) is 16.3 Å². The van der Waals surface area contributed by atoms with Gasteiger partial charge < -0.3 is 9.30 Å². The van der Waals surface area contributed by atoms with E-state index in [0.717, 1.165) is 24.6 Å². The first-order chi connectivity index (χ1) is 7.74. The van der Waals surface area contributed by atoms with E-state index in [0.29, 0.717) is 0 Å². The average Bonchev–Trinajstić information content (AvgIpc) is 2.58. The summed E-state index contributed by atoms with van der Waals surface area (Å²) in [6, 6.07) is 6.05. The summed E-state index contributed by atoms with van der Waals surface area (Å²) >= 11 is 6.20. The predicted octanol–water partition coefficient (Wildman–Crippen LogP) is 3.64. The molecule has 1 aromatic carbocycles. The van der Waals surface area contributed by atoms with E-state index in [1.165, 1.54) is 16.5 Å². The summed E-state index contributed by atoms with van der Waals surface area (Å²) in [7, 11) is 1.73. The Morgan fingerprint density at radius 1 is 1.38 bits per heavy atom. The molecule has 0 saturated carbocycles. The smallest absolute Gasteiger partial charge is 0.0502 e. The number of hydrogen-bond acceptors (Lipinski definition) is 1. The maximum atomic E-state index is 6.20. The van der Waals surface area contributed by atoms with E-state index in [9.17, 15) is 0 Å². The molecule has 0 saturated heterocycles. The molecule has 1 aromatic heterocycles. The molecule has 0 spiro atoms. The number of fused-ring (bicyclic) bond motifs is 1. The number of rotatable bonds is 4. The van der Waals surface area contributed by atoms with Crippen LogP contribution in [0.15, 0.2) is 24.4 Å². The summed E-state index contributed by atoms with van der Waals surface area (Å²) < 4.78 is 7.31. The molecule has 0 bridgehead atoms. The van der Waals surface area contributed by atoms with E-state index in [1.54, 1.807) is 7.11 Å². The van der Waals surface area contributed by atoms with Gasteiger partial charge in [-0.15, -0.1) is 0 Å². The summed E-state index contributed by atoms with van der Waals surface area (Å²) in [6.07, 6.45) is 3.18. The van der Waals surface area contributed by atoms with Gasteiger partial charge in [-0.2, -0.15) is 0 Å². The predicted molar refractivity (Wildman–Crippen MR) is 68.2 cm³/mol. The fraction of sp³-hybridized carbons (Fsp3) is 0.385. The maximum absolute atomic E-state index is 6.20. The monoisotopic (exact) mass is 237 g/mol. The van der Waals surface area contributed by atoms with Crippen LogP contribution in [0, 0.1) is 6.92 Å². The van der Waals surface area contributed by atoms with Crippen molar-refractivity contribution >= 4 is 22.5 Å². The Morgan fingerprint density at radius 2 is 2.19 bits per heavy atom. The second-order valence-corrected chi connectivity index (χ2v) is 4.39. The molecule has 2 rings (SSSR count). The molecule has 3 heteroatoms. The van der Waals surface area contributed by atoms with Gasteiger partial charge in [-0.25, -0.2) is 0 Å². The molecular formula is C13H16ClNO. The standard InChI is InChI=1S/C13H16ClNO/c1-10-9-15(7-4-8-16-2)12-6-3-5-11(14)13(10)12/h3,5-6,9H,4,7-8H2,1-2H3. The average molecular weight is 238 g/mol. The van der Waals surface area contributed by atoms with Crippen LogP contribution in [0.25, 0.3) is 10.9 Å². The number of benzene rings is 1. The molecule has 0 unspecified atom stereocenters. The molecule has 16 heavy (non-hydrogen) atoms. The first kappa shape index (κ1) is 11.5. The number of aryl methyl sites for hydroxylation is 2. The normalized spacial score (nSPS) is 11.2. The van der Waals surface area contributed by atoms with Gasteiger partial charge in [0.2, 0.25) is 0 Å². The third-order valence-electron chi connectivity index (χ3n) is 2.79. The Morgan fingerprint density at radius 3 is 2.94 bits per heavy atom. The van der Waals surface area contributed by atoms with Crippen LogP contribution in [-0.2, 0) is 11.3 Å². The van der Waals surface area contributed by atoms with Crippen molar-refractivity contribution in [2.75, 3.05) is 13.7 Å². The zero-order chi connectivity index (χ0) is 11.5. The molecule has 0 fully saturated rings. The number of methoxy groups -OCH3 is 1. The molecule has 0 N–H and O–H groups in total. The summed E-state index contributed by atoms with van der Waals surface area (Å²) in [5.74, 6) is 0. The van der Waals surface area contributed by atoms with Gasteiger partial charge in [-0.1, -0.05) is 17.7 Å². The minimum atomic E-state index is 0.791. The van der Waals surface area contributed by atoms with Gasteiger partial charge in [0.1, 0.15) is 0 Å². The van der Waals surface area contributed by atoms with Gasteiger partial charge in [0.25, 0.3) is 0 Å². The first-order valence-corrected chi connectivity index (χ1v) is 5.84. The quantitative estimate of drug-likeness (QED) is 0.741. The molecule has 0 aliphatic rings. The second-order valence-electron chi connectivity index (χ2n) is 3.99. The Bertz CT molecular complexity index is 490. The first-order valence-electron chi connectivity index (χ1n) is 5.47. The summed E-state index contributed by atoms with van der Waals surface area (Å²) in [6.45, 7) is 3.86. The number of hydrogen-bond donors (Lipinski definition) is 0. The Balaban J connectivity index is 2.36. The minimum Gasteiger partial charge on any atom is -0.385 e. The molecule has 0 aliphatic heterocycles. The highest BCUT2D eigenvalue weighted by atomic mass is 35.5. The van der Waals surface area contributed by atoms with Crippen molar-refractivity contribution < 1.29 is 4.74 Å². The number of halogens is 1. The van der Waals surface area contributed by atoms with Crippen LogP contribution in [0.2, 0.25) is 5.02 Å². The van der Waals surface area contributed by atoms with Crippen molar-refractivity contribution in [3.8, 4) is 0 Å². The highest BCUT2D eigenvalue weighted by molar-refractivity contribution is 6.35. The van der Waals surface area contributed by atoms with Gasteiger partial charge in [-0.3, -0.25) is 0 Å². The van der Waals surface area contributed by atoms with Crippen molar-refractivity contribution in [3.63, 3.8) is 0 Å². The summed E-state index contributed by atoms with van der Waals surface area (Å²) in [5.41, 5.74) is 2.44. The number of ether oxygens (including phenoxy) is 1. The van der Waals surface area contributed by atoms with Crippen molar-refractivity contribution in [3.05, 3.63) is 35.0 Å². The van der Waals surface area contributed by atoms with Crippen LogP contribution in [-0.4, -0.2) is 18.3 Å². The van der Waals surface area contributed by atoms with E-state index in [-0.39, 0.29) is 0 Å². The number of aromatic nitrogens is 1. The van der Waals surface area contributed by atoms with Crippen LogP contribution in [0.1, 0.15) is 12.0 Å². The lowest BCUT2D eigenvalue weighted by molar-refractivity contribution is 0.190. The zero-order valence-corrected chi connectivity index (χ0v) is 10.4. The Kier molecular flexibility index (Phi) is 3.52. The highest BCUT2D eigenvalue weighted by Crippen LogP contribution is 2.28. The molecular weight excluding hydrogens is 222 g/mol. The zero-order valence-electron chi connectivity index (χ0n) is 9.66. The van der Waals surface area contributed by atoms with E-state index in [1.807, 2.05) is 12.1 Å². The Labute approximate surface area is 101 Å². The van der Waals surface area contributed by atoms with Crippen LogP contribution in [0.3, 0.4) is 0 Å². The molecule has 2 nitrogen and oxygen atoms in total. The maximum Gasteiger partial charge on any atom is 0.0502 e. The van der Waals surface area contributed by atoms with E-state index < -0.39 is 0 Å². The fourth-order valence-corrected chi connectivity index (χ4v) is 2.39. The second kappa shape index (κ2) is 4.89. The largest absolute Gasteiger partial charge is 0.385 e. The fourth-order valence-electron chi connectivity index (χ4n) is 2.07. The topological polar surface area (TPSA) is 14.2 Å². The molecule has 1 heterocycles. The molecule has 0 aliphatic carbocycles. The SMILES string of the molecule is COCCCn1cc(C)c2c(Cl)cccc21. The van der Waals surface area contributed by atoms with Gasteiger partial charge in [0.05, 0.1) is 5.02 Å².